The van der Waals surface area contributed by atoms with Gasteiger partial charge in [-0.05, 0) is 26.7 Å². The van der Waals surface area contributed by atoms with E-state index >= 15 is 0 Å². The van der Waals surface area contributed by atoms with Crippen LogP contribution < -0.4 is 11.1 Å². The number of nitrogens with zero attached hydrogens (tertiary/aromatic N) is 2. The third-order valence-electron chi connectivity index (χ3n) is 3.69. The predicted octanol–water partition coefficient (Wildman–Crippen LogP) is 0.887. The molecular formula is C13H24N4O. The Morgan fingerprint density at radius 1 is 1.67 bits per heavy atom. The second kappa shape index (κ2) is 5.38. The SMILES string of the molecule is Cc1nn(C)cc1C(CN)NCC1(C)CCCO1. The molecule has 2 atom stereocenters. The Morgan fingerprint density at radius 3 is 2.94 bits per heavy atom. The molecule has 0 aliphatic carbocycles. The maximum absolute atomic E-state index is 5.87. The lowest BCUT2D eigenvalue weighted by Crippen LogP contribution is -2.41. The molecule has 1 saturated heterocycles. The van der Waals surface area contributed by atoms with Crippen molar-refractivity contribution in [2.24, 2.45) is 12.8 Å². The highest BCUT2D eigenvalue weighted by Crippen LogP contribution is 2.25. The molecule has 18 heavy (non-hydrogen) atoms. The van der Waals surface area contributed by atoms with Crippen molar-refractivity contribution >= 4 is 0 Å². The first-order chi connectivity index (χ1) is 8.54. The van der Waals surface area contributed by atoms with Crippen molar-refractivity contribution in [1.29, 1.82) is 0 Å². The summed E-state index contributed by atoms with van der Waals surface area (Å²) < 4.78 is 7.62. The van der Waals surface area contributed by atoms with Gasteiger partial charge in [0.2, 0.25) is 0 Å². The van der Waals surface area contributed by atoms with Gasteiger partial charge in [0.1, 0.15) is 0 Å². The molecule has 5 heteroatoms. The zero-order chi connectivity index (χ0) is 13.2. The highest BCUT2D eigenvalue weighted by molar-refractivity contribution is 5.20. The average Bonchev–Trinajstić information content (AvgIpc) is 2.88. The predicted molar refractivity (Wildman–Crippen MR) is 71.3 cm³/mol. The van der Waals surface area contributed by atoms with Crippen molar-refractivity contribution in [3.8, 4) is 0 Å². The molecule has 1 aromatic heterocycles. The van der Waals surface area contributed by atoms with E-state index < -0.39 is 0 Å². The van der Waals surface area contributed by atoms with Crippen molar-refractivity contribution in [3.05, 3.63) is 17.5 Å². The first-order valence-electron chi connectivity index (χ1n) is 6.62. The Hall–Kier alpha value is -0.910. The van der Waals surface area contributed by atoms with E-state index in [1.54, 1.807) is 0 Å². The van der Waals surface area contributed by atoms with Gasteiger partial charge in [0, 0.05) is 44.5 Å². The molecule has 0 radical (unpaired) electrons. The first kappa shape index (κ1) is 13.5. The molecule has 102 valence electrons. The quantitative estimate of drug-likeness (QED) is 0.817. The molecule has 1 aromatic rings. The minimum atomic E-state index is -0.0382. The Morgan fingerprint density at radius 2 is 2.44 bits per heavy atom. The Balaban J connectivity index is 1.99. The van der Waals surface area contributed by atoms with Gasteiger partial charge in [-0.3, -0.25) is 4.68 Å². The smallest absolute Gasteiger partial charge is 0.0779 e. The minimum Gasteiger partial charge on any atom is -0.374 e. The van der Waals surface area contributed by atoms with Gasteiger partial charge in [-0.1, -0.05) is 0 Å². The maximum Gasteiger partial charge on any atom is 0.0779 e. The van der Waals surface area contributed by atoms with Gasteiger partial charge in [-0.15, -0.1) is 0 Å². The zero-order valence-electron chi connectivity index (χ0n) is 11.6. The van der Waals surface area contributed by atoms with Crippen LogP contribution in [0.4, 0.5) is 0 Å². The number of nitrogens with two attached hydrogens (primary N) is 1. The minimum absolute atomic E-state index is 0.0382. The third-order valence-corrected chi connectivity index (χ3v) is 3.69. The fraction of sp³-hybridized carbons (Fsp3) is 0.769. The number of hydrogen-bond donors (Lipinski definition) is 2. The van der Waals surface area contributed by atoms with E-state index in [2.05, 4.69) is 17.3 Å². The van der Waals surface area contributed by atoms with E-state index in [0.717, 1.165) is 31.7 Å². The first-order valence-corrected chi connectivity index (χ1v) is 6.62. The molecule has 2 heterocycles. The highest BCUT2D eigenvalue weighted by Gasteiger charge is 2.30. The molecule has 0 amide bonds. The summed E-state index contributed by atoms with van der Waals surface area (Å²) in [6.45, 7) is 6.47. The lowest BCUT2D eigenvalue weighted by atomic mass is 10.0. The van der Waals surface area contributed by atoms with E-state index in [-0.39, 0.29) is 11.6 Å². The van der Waals surface area contributed by atoms with Crippen molar-refractivity contribution in [2.45, 2.75) is 38.3 Å². The zero-order valence-corrected chi connectivity index (χ0v) is 11.6. The number of rotatable bonds is 5. The number of aryl methyl sites for hydroxylation is 2. The molecule has 5 nitrogen and oxygen atoms in total. The fourth-order valence-corrected chi connectivity index (χ4v) is 2.60. The van der Waals surface area contributed by atoms with Crippen LogP contribution in [-0.2, 0) is 11.8 Å². The van der Waals surface area contributed by atoms with E-state index in [9.17, 15) is 0 Å². The van der Waals surface area contributed by atoms with Crippen LogP contribution in [0, 0.1) is 6.92 Å². The van der Waals surface area contributed by atoms with Crippen molar-refractivity contribution < 1.29 is 4.74 Å². The van der Waals surface area contributed by atoms with E-state index in [1.165, 1.54) is 5.56 Å². The molecule has 2 rings (SSSR count). The molecule has 1 aliphatic heterocycles. The van der Waals surface area contributed by atoms with Crippen LogP contribution in [0.5, 0.6) is 0 Å². The monoisotopic (exact) mass is 252 g/mol. The molecule has 2 unspecified atom stereocenters. The molecule has 0 saturated carbocycles. The standard InChI is InChI=1S/C13H24N4O/c1-10-11(8-17(3)16-10)12(7-14)15-9-13(2)5-4-6-18-13/h8,12,15H,4-7,9,14H2,1-3H3. The van der Waals surface area contributed by atoms with Crippen LogP contribution in [0.1, 0.15) is 37.1 Å². The topological polar surface area (TPSA) is 65.1 Å². The fourth-order valence-electron chi connectivity index (χ4n) is 2.60. The summed E-state index contributed by atoms with van der Waals surface area (Å²) in [6.07, 6.45) is 4.30. The second-order valence-corrected chi connectivity index (χ2v) is 5.41. The number of aromatic nitrogens is 2. The Labute approximate surface area is 109 Å². The van der Waals surface area contributed by atoms with Crippen molar-refractivity contribution in [2.75, 3.05) is 19.7 Å². The van der Waals surface area contributed by atoms with E-state index in [4.69, 9.17) is 10.5 Å². The Kier molecular flexibility index (Phi) is 4.04. The lowest BCUT2D eigenvalue weighted by molar-refractivity contribution is 0.0189. The second-order valence-electron chi connectivity index (χ2n) is 5.41. The summed E-state index contributed by atoms with van der Waals surface area (Å²) in [7, 11) is 1.94. The molecular weight excluding hydrogens is 228 g/mol. The number of nitrogens with one attached hydrogen (secondary N) is 1. The van der Waals surface area contributed by atoms with Crippen LogP contribution in [0.2, 0.25) is 0 Å². The Bertz CT molecular complexity index is 396. The highest BCUT2D eigenvalue weighted by atomic mass is 16.5. The summed E-state index contributed by atoms with van der Waals surface area (Å²) in [5, 5.41) is 7.89. The van der Waals surface area contributed by atoms with Gasteiger partial charge in [-0.25, -0.2) is 0 Å². The number of hydrogen-bond acceptors (Lipinski definition) is 4. The van der Waals surface area contributed by atoms with Gasteiger partial charge in [0.25, 0.3) is 0 Å². The summed E-state index contributed by atoms with van der Waals surface area (Å²) >= 11 is 0. The summed E-state index contributed by atoms with van der Waals surface area (Å²) in [4.78, 5) is 0. The third kappa shape index (κ3) is 2.91. The molecule has 0 bridgehead atoms. The van der Waals surface area contributed by atoms with Crippen molar-refractivity contribution in [1.82, 2.24) is 15.1 Å². The molecule has 1 aliphatic rings. The number of ether oxygens (including phenoxy) is 1. The van der Waals surface area contributed by atoms with Crippen molar-refractivity contribution in [3.63, 3.8) is 0 Å². The van der Waals surface area contributed by atoms with Gasteiger partial charge >= 0.3 is 0 Å². The molecule has 3 N–H and O–H groups in total. The molecule has 0 spiro atoms. The van der Waals surface area contributed by atoms with E-state index in [1.807, 2.05) is 24.9 Å². The van der Waals surface area contributed by atoms with Crippen LogP contribution in [0.3, 0.4) is 0 Å². The maximum atomic E-state index is 5.87. The van der Waals surface area contributed by atoms with Crippen LogP contribution >= 0.6 is 0 Å². The van der Waals surface area contributed by atoms with Gasteiger partial charge in [-0.2, -0.15) is 5.10 Å². The van der Waals surface area contributed by atoms with Crippen LogP contribution in [-0.4, -0.2) is 35.1 Å². The lowest BCUT2D eigenvalue weighted by Gasteiger charge is -2.26. The normalized spacial score (nSPS) is 25.6. The van der Waals surface area contributed by atoms with Gasteiger partial charge in [0.05, 0.1) is 11.3 Å². The summed E-state index contributed by atoms with van der Waals surface area (Å²) in [5.74, 6) is 0. The van der Waals surface area contributed by atoms with Gasteiger partial charge in [0.15, 0.2) is 0 Å². The van der Waals surface area contributed by atoms with Gasteiger partial charge < -0.3 is 15.8 Å². The molecule has 1 fully saturated rings. The summed E-state index contributed by atoms with van der Waals surface area (Å²) in [5.41, 5.74) is 8.05. The van der Waals surface area contributed by atoms with E-state index in [0.29, 0.717) is 6.54 Å². The molecule has 0 aromatic carbocycles. The summed E-state index contributed by atoms with van der Waals surface area (Å²) in [6, 6.07) is 0.153. The largest absolute Gasteiger partial charge is 0.374 e. The van der Waals surface area contributed by atoms with Crippen LogP contribution in [0.25, 0.3) is 0 Å². The van der Waals surface area contributed by atoms with Crippen LogP contribution in [0.15, 0.2) is 6.20 Å². The average molecular weight is 252 g/mol.